The number of hydrogen-bond acceptors (Lipinski definition) is 4. The fourth-order valence-electron chi connectivity index (χ4n) is 2.20. The lowest BCUT2D eigenvalue weighted by molar-refractivity contribution is -0.132. The minimum absolute atomic E-state index is 0.258. The predicted molar refractivity (Wildman–Crippen MR) is 79.7 cm³/mol. The summed E-state index contributed by atoms with van der Waals surface area (Å²) in [6, 6.07) is 4.02. The van der Waals surface area contributed by atoms with E-state index in [9.17, 15) is 4.79 Å². The number of amides is 1. The summed E-state index contributed by atoms with van der Waals surface area (Å²) in [5.41, 5.74) is 0. The molecule has 106 valence electrons. The Bertz CT molecular complexity index is 416. The molecule has 0 bridgehead atoms. The topological polar surface area (TPSA) is 35.6 Å². The van der Waals surface area contributed by atoms with E-state index < -0.39 is 0 Å². The van der Waals surface area contributed by atoms with E-state index in [1.807, 2.05) is 18.0 Å². The van der Waals surface area contributed by atoms with E-state index >= 15 is 0 Å². The molecule has 0 atom stereocenters. The Balaban J connectivity index is 1.74. The highest BCUT2D eigenvalue weighted by Gasteiger charge is 2.20. The van der Waals surface area contributed by atoms with Crippen molar-refractivity contribution in [1.29, 1.82) is 0 Å². The maximum absolute atomic E-state index is 11.9. The van der Waals surface area contributed by atoms with Gasteiger partial charge in [0.1, 0.15) is 0 Å². The van der Waals surface area contributed by atoms with E-state index in [1.165, 1.54) is 4.88 Å². The number of carbonyl (C=O) groups is 1. The molecule has 1 aliphatic rings. The lowest BCUT2D eigenvalue weighted by Gasteiger charge is -2.34. The van der Waals surface area contributed by atoms with Gasteiger partial charge in [-0.15, -0.1) is 11.3 Å². The van der Waals surface area contributed by atoms with E-state index in [0.717, 1.165) is 43.6 Å². The smallest absolute Gasteiger partial charge is 0.223 e. The molecule has 1 aromatic rings. The molecule has 1 amide bonds. The van der Waals surface area contributed by atoms with Crippen LogP contribution in [0, 0.1) is 0 Å². The van der Waals surface area contributed by atoms with Crippen molar-refractivity contribution in [2.24, 2.45) is 0 Å². The van der Waals surface area contributed by atoms with Gasteiger partial charge in [-0.3, -0.25) is 9.69 Å². The van der Waals surface area contributed by atoms with Crippen LogP contribution in [0.1, 0.15) is 11.3 Å². The van der Waals surface area contributed by atoms with Gasteiger partial charge in [0.25, 0.3) is 0 Å². The van der Waals surface area contributed by atoms with E-state index in [0.29, 0.717) is 6.42 Å². The Hall–Kier alpha value is -0.620. The Morgan fingerprint density at radius 3 is 2.68 bits per heavy atom. The molecule has 6 heteroatoms. The molecule has 1 fully saturated rings. The zero-order valence-electron chi connectivity index (χ0n) is 11.2. The van der Waals surface area contributed by atoms with E-state index in [-0.39, 0.29) is 5.91 Å². The Kier molecular flexibility index (Phi) is 5.63. The van der Waals surface area contributed by atoms with Crippen molar-refractivity contribution < 1.29 is 4.79 Å². The first-order valence-electron chi connectivity index (χ1n) is 6.58. The molecule has 0 unspecified atom stereocenters. The van der Waals surface area contributed by atoms with Crippen molar-refractivity contribution >= 4 is 28.8 Å². The fraction of sp³-hybridized carbons (Fsp3) is 0.615. The fourth-order valence-corrected chi connectivity index (χ4v) is 3.33. The van der Waals surface area contributed by atoms with Crippen molar-refractivity contribution in [2.75, 3.05) is 39.8 Å². The van der Waals surface area contributed by atoms with Gasteiger partial charge in [-0.2, -0.15) is 0 Å². The maximum Gasteiger partial charge on any atom is 0.223 e. The number of hydrogen-bond donors (Lipinski definition) is 1. The second-order valence-corrected chi connectivity index (χ2v) is 6.52. The van der Waals surface area contributed by atoms with Gasteiger partial charge >= 0.3 is 0 Å². The molecule has 0 spiro atoms. The molecule has 0 aliphatic carbocycles. The van der Waals surface area contributed by atoms with Crippen LogP contribution in [0.15, 0.2) is 12.1 Å². The van der Waals surface area contributed by atoms with Crippen LogP contribution in [-0.4, -0.2) is 55.5 Å². The number of carbonyl (C=O) groups excluding carboxylic acids is 1. The third-order valence-corrected chi connectivity index (χ3v) is 4.54. The number of rotatable bonds is 5. The zero-order chi connectivity index (χ0) is 13.7. The van der Waals surface area contributed by atoms with Crippen molar-refractivity contribution in [2.45, 2.75) is 13.0 Å². The molecule has 1 aliphatic heterocycles. The average Bonchev–Trinajstić information content (AvgIpc) is 2.82. The van der Waals surface area contributed by atoms with E-state index in [2.05, 4.69) is 16.3 Å². The third-order valence-electron chi connectivity index (χ3n) is 3.32. The highest BCUT2D eigenvalue weighted by molar-refractivity contribution is 7.16. The van der Waals surface area contributed by atoms with Gasteiger partial charge in [-0.25, -0.2) is 0 Å². The van der Waals surface area contributed by atoms with Crippen LogP contribution >= 0.6 is 22.9 Å². The number of halogens is 1. The maximum atomic E-state index is 11.9. The summed E-state index contributed by atoms with van der Waals surface area (Å²) in [5.74, 6) is 0.258. The monoisotopic (exact) mass is 301 g/mol. The summed E-state index contributed by atoms with van der Waals surface area (Å²) < 4.78 is 0.843. The van der Waals surface area contributed by atoms with Crippen LogP contribution in [-0.2, 0) is 11.3 Å². The molecule has 1 aromatic heterocycles. The average molecular weight is 302 g/mol. The third kappa shape index (κ3) is 4.45. The molecule has 1 saturated heterocycles. The standard InChI is InChI=1S/C13H20ClN3OS/c1-15-5-4-13(18)17-8-6-16(7-9-17)10-11-2-3-12(14)19-11/h2-3,15H,4-10H2,1H3. The number of piperazine rings is 1. The van der Waals surface area contributed by atoms with Crippen LogP contribution in [0.5, 0.6) is 0 Å². The molecule has 2 heterocycles. The van der Waals surface area contributed by atoms with Crippen LogP contribution < -0.4 is 5.32 Å². The summed E-state index contributed by atoms with van der Waals surface area (Å²) in [5, 5.41) is 3.01. The van der Waals surface area contributed by atoms with Gasteiger partial charge in [-0.1, -0.05) is 11.6 Å². The van der Waals surface area contributed by atoms with Gasteiger partial charge in [0.05, 0.1) is 4.34 Å². The molecular formula is C13H20ClN3OS. The first kappa shape index (κ1) is 14.8. The Labute approximate surface area is 123 Å². The van der Waals surface area contributed by atoms with Gasteiger partial charge in [0.15, 0.2) is 0 Å². The van der Waals surface area contributed by atoms with E-state index in [1.54, 1.807) is 11.3 Å². The second kappa shape index (κ2) is 7.24. The molecule has 1 N–H and O–H groups in total. The Morgan fingerprint density at radius 1 is 1.37 bits per heavy atom. The highest BCUT2D eigenvalue weighted by atomic mass is 35.5. The summed E-state index contributed by atoms with van der Waals surface area (Å²) in [6.07, 6.45) is 0.594. The van der Waals surface area contributed by atoms with E-state index in [4.69, 9.17) is 11.6 Å². The SMILES string of the molecule is CNCCC(=O)N1CCN(Cc2ccc(Cl)s2)CC1. The summed E-state index contributed by atoms with van der Waals surface area (Å²) in [4.78, 5) is 17.5. The van der Waals surface area contributed by atoms with Crippen molar-refractivity contribution in [3.05, 3.63) is 21.3 Å². The minimum Gasteiger partial charge on any atom is -0.340 e. The highest BCUT2D eigenvalue weighted by Crippen LogP contribution is 2.23. The molecule has 0 saturated carbocycles. The summed E-state index contributed by atoms with van der Waals surface area (Å²) in [6.45, 7) is 5.26. The first-order valence-corrected chi connectivity index (χ1v) is 7.77. The van der Waals surface area contributed by atoms with Gasteiger partial charge in [0.2, 0.25) is 5.91 Å². The molecule has 2 rings (SSSR count). The lowest BCUT2D eigenvalue weighted by Crippen LogP contribution is -2.48. The molecule has 4 nitrogen and oxygen atoms in total. The van der Waals surface area contributed by atoms with Crippen LogP contribution in [0.2, 0.25) is 4.34 Å². The Morgan fingerprint density at radius 2 is 2.11 bits per heavy atom. The number of nitrogens with one attached hydrogen (secondary N) is 1. The molecule has 0 radical (unpaired) electrons. The lowest BCUT2D eigenvalue weighted by atomic mass is 10.2. The quantitative estimate of drug-likeness (QED) is 0.898. The summed E-state index contributed by atoms with van der Waals surface area (Å²) >= 11 is 7.57. The van der Waals surface area contributed by atoms with Crippen LogP contribution in [0.4, 0.5) is 0 Å². The molecule has 0 aromatic carbocycles. The largest absolute Gasteiger partial charge is 0.340 e. The van der Waals surface area contributed by atoms with Crippen molar-refractivity contribution in [3.63, 3.8) is 0 Å². The molecular weight excluding hydrogens is 282 g/mol. The second-order valence-electron chi connectivity index (χ2n) is 4.72. The van der Waals surface area contributed by atoms with Gasteiger partial charge in [-0.05, 0) is 19.2 Å². The van der Waals surface area contributed by atoms with Gasteiger partial charge in [0, 0.05) is 50.6 Å². The van der Waals surface area contributed by atoms with Gasteiger partial charge < -0.3 is 10.2 Å². The normalized spacial score (nSPS) is 16.8. The van der Waals surface area contributed by atoms with Crippen LogP contribution in [0.3, 0.4) is 0 Å². The van der Waals surface area contributed by atoms with Crippen molar-refractivity contribution in [1.82, 2.24) is 15.1 Å². The summed E-state index contributed by atoms with van der Waals surface area (Å²) in [7, 11) is 1.87. The minimum atomic E-state index is 0.258. The van der Waals surface area contributed by atoms with Crippen molar-refractivity contribution in [3.8, 4) is 0 Å². The van der Waals surface area contributed by atoms with Crippen LogP contribution in [0.25, 0.3) is 0 Å². The zero-order valence-corrected chi connectivity index (χ0v) is 12.8. The number of thiophene rings is 1. The first-order chi connectivity index (χ1) is 9.19. The molecule has 19 heavy (non-hydrogen) atoms. The number of nitrogens with zero attached hydrogens (tertiary/aromatic N) is 2. The predicted octanol–water partition coefficient (Wildman–Crippen LogP) is 1.66.